The molecule has 1 aromatic heterocycles. The number of aryl methyl sites for hydroxylation is 2. The molecule has 10 heteroatoms. The van der Waals surface area contributed by atoms with Crippen molar-refractivity contribution in [3.8, 4) is 5.75 Å². The number of aliphatic carboxylic acids is 1. The monoisotopic (exact) mass is 433 g/mol. The lowest BCUT2D eigenvalue weighted by atomic mass is 10.2. The number of benzene rings is 2. The Kier molecular flexibility index (Phi) is 6.14. The van der Waals surface area contributed by atoms with Crippen LogP contribution in [0.5, 0.6) is 5.75 Å². The number of carboxylic acids is 1. The van der Waals surface area contributed by atoms with Gasteiger partial charge in [-0.15, -0.1) is 0 Å². The van der Waals surface area contributed by atoms with Crippen molar-refractivity contribution >= 4 is 33.4 Å². The highest BCUT2D eigenvalue weighted by atomic mass is 32.2. The number of hydrogen-bond donors (Lipinski definition) is 2. The van der Waals surface area contributed by atoms with Gasteiger partial charge < -0.3 is 14.4 Å². The average molecular weight is 434 g/mol. The summed E-state index contributed by atoms with van der Waals surface area (Å²) in [7, 11) is -1.90. The number of hydrogen-bond acceptors (Lipinski definition) is 6. The van der Waals surface area contributed by atoms with Crippen molar-refractivity contribution < 1.29 is 23.1 Å². The number of imidazole rings is 1. The minimum atomic E-state index is -3.80. The molecule has 29 heavy (non-hydrogen) atoms. The van der Waals surface area contributed by atoms with E-state index in [1.807, 2.05) is 29.9 Å². The Morgan fingerprint density at radius 3 is 2.55 bits per heavy atom. The molecule has 0 radical (unpaired) electrons. The molecule has 0 amide bonds. The Labute approximate surface area is 172 Å². The van der Waals surface area contributed by atoms with Gasteiger partial charge in [0.25, 0.3) is 10.0 Å². The SMILES string of the molecule is Cc1cc(S(=O)(=O)Nc2ccc(Sc3nccn3C)cc2)ccc1OCC(=O)O. The molecule has 0 saturated heterocycles. The highest BCUT2D eigenvalue weighted by Crippen LogP contribution is 2.28. The molecule has 0 atom stereocenters. The van der Waals surface area contributed by atoms with Crippen LogP contribution in [0.3, 0.4) is 0 Å². The van der Waals surface area contributed by atoms with Gasteiger partial charge in [-0.3, -0.25) is 4.72 Å². The number of ether oxygens (including phenoxy) is 1. The summed E-state index contributed by atoms with van der Waals surface area (Å²) in [6.45, 7) is 1.16. The summed E-state index contributed by atoms with van der Waals surface area (Å²) < 4.78 is 34.9. The summed E-state index contributed by atoms with van der Waals surface area (Å²) in [5.41, 5.74) is 0.953. The normalized spacial score (nSPS) is 11.2. The third-order valence-electron chi connectivity index (χ3n) is 3.90. The first-order valence-electron chi connectivity index (χ1n) is 8.48. The Bertz CT molecular complexity index is 1130. The number of anilines is 1. The lowest BCUT2D eigenvalue weighted by molar-refractivity contribution is -0.139. The molecule has 8 nitrogen and oxygen atoms in total. The van der Waals surface area contributed by atoms with Crippen LogP contribution in [-0.4, -0.2) is 35.7 Å². The molecule has 1 heterocycles. The molecule has 0 spiro atoms. The van der Waals surface area contributed by atoms with Crippen LogP contribution in [0, 0.1) is 6.92 Å². The number of carboxylic acid groups (broad SMARTS) is 1. The van der Waals surface area contributed by atoms with Gasteiger partial charge in [0.15, 0.2) is 11.8 Å². The maximum atomic E-state index is 12.7. The number of aromatic nitrogens is 2. The number of nitrogens with one attached hydrogen (secondary N) is 1. The second kappa shape index (κ2) is 8.58. The maximum Gasteiger partial charge on any atom is 0.341 e. The van der Waals surface area contributed by atoms with E-state index >= 15 is 0 Å². The third-order valence-corrected chi connectivity index (χ3v) is 6.36. The topological polar surface area (TPSA) is 111 Å². The van der Waals surface area contributed by atoms with Gasteiger partial charge in [0, 0.05) is 30.0 Å². The van der Waals surface area contributed by atoms with Gasteiger partial charge in [0.1, 0.15) is 5.75 Å². The number of carbonyl (C=O) groups is 1. The summed E-state index contributed by atoms with van der Waals surface area (Å²) in [5.74, 6) is -0.783. The minimum absolute atomic E-state index is 0.0594. The number of sulfonamides is 1. The standard InChI is InChI=1S/C19H19N3O5S2/c1-13-11-16(7-8-17(13)27-12-18(23)24)29(25,26)21-14-3-5-15(6-4-14)28-19-20-9-10-22(19)2/h3-11,21H,12H2,1-2H3,(H,23,24). The lowest BCUT2D eigenvalue weighted by Gasteiger charge is -2.12. The zero-order chi connectivity index (χ0) is 21.0. The van der Waals surface area contributed by atoms with Gasteiger partial charge >= 0.3 is 5.97 Å². The first kappa shape index (κ1) is 20.7. The Hall–Kier alpha value is -2.98. The molecule has 0 aliphatic carbocycles. The lowest BCUT2D eigenvalue weighted by Crippen LogP contribution is -2.14. The van der Waals surface area contributed by atoms with Gasteiger partial charge in [-0.2, -0.15) is 0 Å². The Balaban J connectivity index is 1.71. The van der Waals surface area contributed by atoms with E-state index in [4.69, 9.17) is 9.84 Å². The van der Waals surface area contributed by atoms with Crippen LogP contribution in [0.2, 0.25) is 0 Å². The molecule has 0 fully saturated rings. The largest absolute Gasteiger partial charge is 0.482 e. The first-order valence-corrected chi connectivity index (χ1v) is 10.8. The number of rotatable bonds is 8. The molecule has 0 bridgehead atoms. The summed E-state index contributed by atoms with van der Waals surface area (Å²) >= 11 is 1.47. The van der Waals surface area contributed by atoms with E-state index in [0.29, 0.717) is 17.0 Å². The molecule has 0 unspecified atom stereocenters. The Morgan fingerprint density at radius 2 is 1.97 bits per heavy atom. The molecule has 2 aromatic carbocycles. The third kappa shape index (κ3) is 5.30. The van der Waals surface area contributed by atoms with E-state index in [1.165, 1.54) is 30.0 Å². The van der Waals surface area contributed by atoms with Gasteiger partial charge in [-0.1, -0.05) is 11.8 Å². The molecule has 0 saturated carbocycles. The van der Waals surface area contributed by atoms with Gasteiger partial charge in [-0.25, -0.2) is 18.2 Å². The summed E-state index contributed by atoms with van der Waals surface area (Å²) in [6, 6.07) is 11.2. The molecule has 2 N–H and O–H groups in total. The van der Waals surface area contributed by atoms with E-state index in [9.17, 15) is 13.2 Å². The second-order valence-electron chi connectivity index (χ2n) is 6.16. The molecular weight excluding hydrogens is 414 g/mol. The molecule has 0 aliphatic heterocycles. The van der Waals surface area contributed by atoms with Gasteiger partial charge in [0.2, 0.25) is 0 Å². The molecule has 152 valence electrons. The second-order valence-corrected chi connectivity index (χ2v) is 8.89. The van der Waals surface area contributed by atoms with Crippen LogP contribution in [0.4, 0.5) is 5.69 Å². The molecule has 3 aromatic rings. The smallest absolute Gasteiger partial charge is 0.341 e. The van der Waals surface area contributed by atoms with Crippen LogP contribution in [0.25, 0.3) is 0 Å². The quantitative estimate of drug-likeness (QED) is 0.561. The molecular formula is C19H19N3O5S2. The van der Waals surface area contributed by atoms with Gasteiger partial charge in [-0.05, 0) is 55.0 Å². The zero-order valence-corrected chi connectivity index (χ0v) is 17.3. The molecule has 0 aliphatic rings. The van der Waals surface area contributed by atoms with Crippen LogP contribution in [0.15, 0.2) is 69.8 Å². The van der Waals surface area contributed by atoms with Crippen molar-refractivity contribution in [3.05, 3.63) is 60.4 Å². The van der Waals surface area contributed by atoms with E-state index in [1.54, 1.807) is 25.3 Å². The summed E-state index contributed by atoms with van der Waals surface area (Å²) in [5, 5.41) is 9.51. The highest BCUT2D eigenvalue weighted by Gasteiger charge is 2.16. The minimum Gasteiger partial charge on any atom is -0.482 e. The molecule has 3 rings (SSSR count). The predicted molar refractivity (Wildman–Crippen MR) is 109 cm³/mol. The number of nitrogens with zero attached hydrogens (tertiary/aromatic N) is 2. The predicted octanol–water partition coefficient (Wildman–Crippen LogP) is 3.14. The fourth-order valence-corrected chi connectivity index (χ4v) is 4.40. The van der Waals surface area contributed by atoms with Gasteiger partial charge in [0.05, 0.1) is 4.90 Å². The fraction of sp³-hybridized carbons (Fsp3) is 0.158. The van der Waals surface area contributed by atoms with E-state index in [-0.39, 0.29) is 4.90 Å². The van der Waals surface area contributed by atoms with E-state index in [2.05, 4.69) is 9.71 Å². The van der Waals surface area contributed by atoms with Crippen molar-refractivity contribution in [1.29, 1.82) is 0 Å². The summed E-state index contributed by atoms with van der Waals surface area (Å²) in [6.07, 6.45) is 3.57. The van der Waals surface area contributed by atoms with Crippen molar-refractivity contribution in [3.63, 3.8) is 0 Å². The van der Waals surface area contributed by atoms with Crippen LogP contribution in [-0.2, 0) is 21.9 Å². The maximum absolute atomic E-state index is 12.7. The van der Waals surface area contributed by atoms with Crippen molar-refractivity contribution in [2.45, 2.75) is 21.9 Å². The van der Waals surface area contributed by atoms with E-state index in [0.717, 1.165) is 10.1 Å². The first-order chi connectivity index (χ1) is 13.7. The fourth-order valence-electron chi connectivity index (χ4n) is 2.45. The van der Waals surface area contributed by atoms with Crippen molar-refractivity contribution in [2.75, 3.05) is 11.3 Å². The summed E-state index contributed by atoms with van der Waals surface area (Å²) in [4.78, 5) is 15.8. The highest BCUT2D eigenvalue weighted by molar-refractivity contribution is 7.99. The van der Waals surface area contributed by atoms with Crippen LogP contribution < -0.4 is 9.46 Å². The van der Waals surface area contributed by atoms with Crippen LogP contribution >= 0.6 is 11.8 Å². The Morgan fingerprint density at radius 1 is 1.24 bits per heavy atom. The van der Waals surface area contributed by atoms with Crippen molar-refractivity contribution in [1.82, 2.24) is 9.55 Å². The van der Waals surface area contributed by atoms with Crippen molar-refractivity contribution in [2.24, 2.45) is 7.05 Å². The van der Waals surface area contributed by atoms with Crippen LogP contribution in [0.1, 0.15) is 5.56 Å². The zero-order valence-electron chi connectivity index (χ0n) is 15.7. The van der Waals surface area contributed by atoms with E-state index < -0.39 is 22.6 Å². The average Bonchev–Trinajstić information content (AvgIpc) is 3.06.